The fourth-order valence-electron chi connectivity index (χ4n) is 3.76. The van der Waals surface area contributed by atoms with Gasteiger partial charge in [-0.2, -0.15) is 0 Å². The van der Waals surface area contributed by atoms with Gasteiger partial charge in [0.2, 0.25) is 0 Å². The molecule has 0 atom stereocenters. The Morgan fingerprint density at radius 1 is 1.21 bits per heavy atom. The average molecular weight is 394 g/mol. The fourth-order valence-corrected chi connectivity index (χ4v) is 4.42. The van der Waals surface area contributed by atoms with Gasteiger partial charge in [-0.25, -0.2) is 9.78 Å². The van der Waals surface area contributed by atoms with Gasteiger partial charge in [0, 0.05) is 34.8 Å². The Morgan fingerprint density at radius 2 is 2.04 bits per heavy atom. The molecule has 144 valence electrons. The van der Waals surface area contributed by atoms with Crippen LogP contribution in [-0.2, 0) is 17.7 Å². The molecule has 3 aromatic rings. The van der Waals surface area contributed by atoms with Crippen molar-refractivity contribution in [3.05, 3.63) is 52.2 Å². The number of benzene rings is 1. The van der Waals surface area contributed by atoms with E-state index in [0.717, 1.165) is 39.6 Å². The Morgan fingerprint density at radius 3 is 2.68 bits per heavy atom. The number of hydrogen-bond donors (Lipinski definition) is 0. The number of methoxy groups -OCH3 is 2. The number of esters is 1. The summed E-state index contributed by atoms with van der Waals surface area (Å²) in [4.78, 5) is 16.9. The molecule has 0 aliphatic carbocycles. The number of hydrogen-bond acceptors (Lipinski definition) is 5. The van der Waals surface area contributed by atoms with Gasteiger partial charge in [0.1, 0.15) is 16.5 Å². The van der Waals surface area contributed by atoms with E-state index >= 15 is 0 Å². The van der Waals surface area contributed by atoms with E-state index in [1.165, 1.54) is 18.2 Å². The van der Waals surface area contributed by atoms with Gasteiger partial charge >= 0.3 is 5.97 Å². The third-order valence-electron chi connectivity index (χ3n) is 4.91. The highest BCUT2D eigenvalue weighted by atomic mass is 32.1. The molecular weight excluding hydrogens is 372 g/mol. The standard InChI is InChI=1S/C22H22N2O3S/c1-13(2)9-15-10-16-14(11-19(15)26-3)5-7-24-18(22(25)27-4)12-17(20(16)24)21-23-6-8-28-21/h6,8-12H,5,7H2,1-4H3. The zero-order valence-corrected chi connectivity index (χ0v) is 17.2. The summed E-state index contributed by atoms with van der Waals surface area (Å²) in [5, 5.41) is 2.84. The van der Waals surface area contributed by atoms with Gasteiger partial charge < -0.3 is 14.0 Å². The molecule has 28 heavy (non-hydrogen) atoms. The van der Waals surface area contributed by atoms with E-state index in [2.05, 4.69) is 41.6 Å². The lowest BCUT2D eigenvalue weighted by molar-refractivity contribution is 0.0588. The number of carbonyl (C=O) groups excluding carboxylic acids is 1. The molecule has 4 rings (SSSR count). The molecule has 0 saturated carbocycles. The van der Waals surface area contributed by atoms with E-state index in [9.17, 15) is 4.79 Å². The Bertz CT molecular complexity index is 1070. The monoisotopic (exact) mass is 394 g/mol. The summed E-state index contributed by atoms with van der Waals surface area (Å²) in [6.45, 7) is 4.85. The lowest BCUT2D eigenvalue weighted by Crippen LogP contribution is -2.17. The normalized spacial score (nSPS) is 12.1. The van der Waals surface area contributed by atoms with Gasteiger partial charge in [0.25, 0.3) is 0 Å². The van der Waals surface area contributed by atoms with E-state index in [-0.39, 0.29) is 5.97 Å². The molecule has 1 aliphatic rings. The van der Waals surface area contributed by atoms with E-state index in [1.54, 1.807) is 24.6 Å². The summed E-state index contributed by atoms with van der Waals surface area (Å²) in [6.07, 6.45) is 4.73. The van der Waals surface area contributed by atoms with Gasteiger partial charge in [-0.15, -0.1) is 11.3 Å². The molecular formula is C22H22N2O3S. The predicted molar refractivity (Wildman–Crippen MR) is 112 cm³/mol. The summed E-state index contributed by atoms with van der Waals surface area (Å²) >= 11 is 1.57. The molecule has 0 saturated heterocycles. The SMILES string of the molecule is COC(=O)c1cc(-c2nccs2)c2n1CCc1cc(OC)c(C=C(C)C)cc1-2. The van der Waals surface area contributed by atoms with Gasteiger partial charge in [0.15, 0.2) is 0 Å². The van der Waals surface area contributed by atoms with Crippen molar-refractivity contribution >= 4 is 23.4 Å². The van der Waals surface area contributed by atoms with Crippen LogP contribution in [0.25, 0.3) is 27.9 Å². The number of thiazole rings is 1. The number of allylic oxidation sites excluding steroid dienone is 1. The maximum atomic E-state index is 12.4. The molecule has 0 amide bonds. The van der Waals surface area contributed by atoms with Crippen LogP contribution in [0.3, 0.4) is 0 Å². The van der Waals surface area contributed by atoms with Crippen LogP contribution < -0.4 is 4.74 Å². The Hall–Kier alpha value is -2.86. The molecule has 6 heteroatoms. The number of aromatic nitrogens is 2. The molecule has 0 N–H and O–H groups in total. The summed E-state index contributed by atoms with van der Waals surface area (Å²) in [6, 6.07) is 6.17. The molecule has 0 bridgehead atoms. The molecule has 3 heterocycles. The van der Waals surface area contributed by atoms with Gasteiger partial charge in [0.05, 0.1) is 19.9 Å². The minimum atomic E-state index is -0.328. The number of nitrogens with zero attached hydrogens (tertiary/aromatic N) is 2. The highest BCUT2D eigenvalue weighted by molar-refractivity contribution is 7.13. The second-order valence-electron chi connectivity index (χ2n) is 7.00. The number of aryl methyl sites for hydroxylation is 1. The zero-order chi connectivity index (χ0) is 19.8. The summed E-state index contributed by atoms with van der Waals surface area (Å²) in [7, 11) is 3.12. The number of ether oxygens (including phenoxy) is 2. The van der Waals surface area contributed by atoms with Crippen molar-refractivity contribution in [2.75, 3.05) is 14.2 Å². The fraction of sp³-hybridized carbons (Fsp3) is 0.273. The molecule has 2 aromatic heterocycles. The zero-order valence-electron chi connectivity index (χ0n) is 16.4. The molecule has 0 radical (unpaired) electrons. The van der Waals surface area contributed by atoms with Crippen LogP contribution in [0.1, 0.15) is 35.5 Å². The number of carbonyl (C=O) groups is 1. The number of rotatable bonds is 4. The van der Waals surface area contributed by atoms with Crippen LogP contribution in [0, 0.1) is 0 Å². The Kier molecular flexibility index (Phi) is 4.81. The first kappa shape index (κ1) is 18.5. The first-order valence-electron chi connectivity index (χ1n) is 9.11. The average Bonchev–Trinajstić information content (AvgIpc) is 3.34. The first-order chi connectivity index (χ1) is 13.5. The third kappa shape index (κ3) is 3.03. The highest BCUT2D eigenvalue weighted by Crippen LogP contribution is 2.43. The Balaban J connectivity index is 2.01. The molecule has 1 aliphatic heterocycles. The van der Waals surface area contributed by atoms with Crippen molar-refractivity contribution in [3.63, 3.8) is 0 Å². The Labute approximate surface area is 168 Å². The topological polar surface area (TPSA) is 53.3 Å². The van der Waals surface area contributed by atoms with Crippen LogP contribution in [0.5, 0.6) is 5.75 Å². The van der Waals surface area contributed by atoms with E-state index in [1.807, 2.05) is 11.4 Å². The van der Waals surface area contributed by atoms with E-state index in [4.69, 9.17) is 9.47 Å². The number of fused-ring (bicyclic) bond motifs is 3. The summed E-state index contributed by atoms with van der Waals surface area (Å²) in [5.74, 6) is 0.537. The van der Waals surface area contributed by atoms with Crippen molar-refractivity contribution in [1.29, 1.82) is 0 Å². The smallest absolute Gasteiger partial charge is 0.354 e. The van der Waals surface area contributed by atoms with Crippen LogP contribution in [0.15, 0.2) is 35.3 Å². The second kappa shape index (κ2) is 7.28. The third-order valence-corrected chi connectivity index (χ3v) is 5.72. The van der Waals surface area contributed by atoms with Crippen LogP contribution in [0.4, 0.5) is 0 Å². The summed E-state index contributed by atoms with van der Waals surface area (Å²) < 4.78 is 12.7. The molecule has 5 nitrogen and oxygen atoms in total. The highest BCUT2D eigenvalue weighted by Gasteiger charge is 2.28. The first-order valence-corrected chi connectivity index (χ1v) is 9.99. The lowest BCUT2D eigenvalue weighted by Gasteiger charge is -2.23. The second-order valence-corrected chi connectivity index (χ2v) is 7.89. The minimum Gasteiger partial charge on any atom is -0.496 e. The molecule has 0 spiro atoms. The molecule has 0 fully saturated rings. The molecule has 0 unspecified atom stereocenters. The maximum Gasteiger partial charge on any atom is 0.354 e. The van der Waals surface area contributed by atoms with Crippen molar-refractivity contribution in [2.24, 2.45) is 0 Å². The minimum absolute atomic E-state index is 0.328. The maximum absolute atomic E-state index is 12.4. The van der Waals surface area contributed by atoms with E-state index < -0.39 is 0 Å². The van der Waals surface area contributed by atoms with Crippen molar-refractivity contribution in [1.82, 2.24) is 9.55 Å². The van der Waals surface area contributed by atoms with Gasteiger partial charge in [-0.1, -0.05) is 11.6 Å². The van der Waals surface area contributed by atoms with Crippen LogP contribution in [0.2, 0.25) is 0 Å². The van der Waals surface area contributed by atoms with Crippen LogP contribution >= 0.6 is 11.3 Å². The van der Waals surface area contributed by atoms with Gasteiger partial charge in [-0.3, -0.25) is 0 Å². The van der Waals surface area contributed by atoms with Crippen LogP contribution in [-0.4, -0.2) is 29.7 Å². The largest absolute Gasteiger partial charge is 0.496 e. The van der Waals surface area contributed by atoms with Gasteiger partial charge in [-0.05, 0) is 44.0 Å². The van der Waals surface area contributed by atoms with Crippen molar-refractivity contribution in [2.45, 2.75) is 26.8 Å². The molecule has 1 aromatic carbocycles. The van der Waals surface area contributed by atoms with E-state index in [0.29, 0.717) is 12.2 Å². The predicted octanol–water partition coefficient (Wildman–Crippen LogP) is 5.05. The lowest BCUT2D eigenvalue weighted by atomic mass is 9.93. The van der Waals surface area contributed by atoms with Crippen molar-refractivity contribution in [3.8, 4) is 27.6 Å². The van der Waals surface area contributed by atoms with Crippen molar-refractivity contribution < 1.29 is 14.3 Å². The quantitative estimate of drug-likeness (QED) is 0.581. The summed E-state index contributed by atoms with van der Waals surface area (Å²) in [5.41, 5.74) is 7.09.